The van der Waals surface area contributed by atoms with E-state index in [4.69, 9.17) is 0 Å². The van der Waals surface area contributed by atoms with E-state index in [0.717, 1.165) is 6.42 Å². The molecule has 2 nitrogen and oxygen atoms in total. The van der Waals surface area contributed by atoms with Crippen molar-refractivity contribution in [3.05, 3.63) is 12.2 Å². The molecule has 0 aromatic heterocycles. The van der Waals surface area contributed by atoms with E-state index in [1.165, 1.54) is 0 Å². The van der Waals surface area contributed by atoms with E-state index in [-0.39, 0.29) is 11.3 Å². The second-order valence-corrected chi connectivity index (χ2v) is 3.53. The van der Waals surface area contributed by atoms with Gasteiger partial charge in [-0.2, -0.15) is 0 Å². The van der Waals surface area contributed by atoms with Crippen molar-refractivity contribution in [2.24, 2.45) is 0 Å². The van der Waals surface area contributed by atoms with Crippen molar-refractivity contribution in [3.63, 3.8) is 0 Å². The maximum absolute atomic E-state index is 10.5. The number of allylic oxidation sites excluding steroid dienone is 1. The van der Waals surface area contributed by atoms with Crippen LogP contribution < -0.4 is 5.09 Å². The summed E-state index contributed by atoms with van der Waals surface area (Å²) in [7, 11) is 2.47. The molecule has 0 spiro atoms. The Morgan fingerprint density at radius 1 is 1.64 bits per heavy atom. The van der Waals surface area contributed by atoms with Crippen LogP contribution in [-0.2, 0) is 4.79 Å². The second kappa shape index (κ2) is 4.63. The summed E-state index contributed by atoms with van der Waals surface area (Å²) < 4.78 is 0. The molecule has 3 heteroatoms. The van der Waals surface area contributed by atoms with Gasteiger partial charge in [-0.3, -0.25) is 9.88 Å². The van der Waals surface area contributed by atoms with Gasteiger partial charge in [0.1, 0.15) is 0 Å². The lowest BCUT2D eigenvalue weighted by Gasteiger charge is -2.21. The van der Waals surface area contributed by atoms with Crippen molar-refractivity contribution in [3.8, 4) is 0 Å². The summed E-state index contributed by atoms with van der Waals surface area (Å²) in [6.45, 7) is 5.70. The molecule has 64 valence electrons. The van der Waals surface area contributed by atoms with Gasteiger partial charge in [0.2, 0.25) is 0 Å². The van der Waals surface area contributed by atoms with Gasteiger partial charge < -0.3 is 0 Å². The number of hydrogen-bond donors (Lipinski definition) is 1. The Morgan fingerprint density at radius 3 is 2.55 bits per heavy atom. The fourth-order valence-electron chi connectivity index (χ4n) is 0.578. The maximum atomic E-state index is 10.5. The lowest BCUT2D eigenvalue weighted by Crippen LogP contribution is -2.30. The average Bonchev–Trinajstić information content (AvgIpc) is 1.87. The zero-order chi connectivity index (χ0) is 8.91. The van der Waals surface area contributed by atoms with Gasteiger partial charge in [-0.1, -0.05) is 15.5 Å². The predicted molar refractivity (Wildman–Crippen MR) is 51.4 cm³/mol. The van der Waals surface area contributed by atoms with Crippen LogP contribution in [0.3, 0.4) is 0 Å². The van der Waals surface area contributed by atoms with Crippen molar-refractivity contribution in [1.29, 1.82) is 0 Å². The average molecular weight is 173 g/mol. The summed E-state index contributed by atoms with van der Waals surface area (Å²) in [6.07, 6.45) is 4.35. The van der Waals surface area contributed by atoms with Crippen LogP contribution in [0.25, 0.3) is 0 Å². The Morgan fingerprint density at radius 2 is 2.18 bits per heavy atom. The van der Waals surface area contributed by atoms with Crippen LogP contribution in [0, 0.1) is 0 Å². The number of nitrogens with one attached hydrogen (secondary N) is 1. The van der Waals surface area contributed by atoms with Crippen LogP contribution in [0.15, 0.2) is 12.2 Å². The number of ketones is 1. The van der Waals surface area contributed by atoms with E-state index in [1.54, 1.807) is 13.0 Å². The highest BCUT2D eigenvalue weighted by Crippen LogP contribution is 2.10. The molecule has 0 radical (unpaired) electrons. The molecule has 0 saturated heterocycles. The zero-order valence-electron chi connectivity index (χ0n) is 7.35. The zero-order valence-corrected chi connectivity index (χ0v) is 8.50. The van der Waals surface area contributed by atoms with Crippen molar-refractivity contribution in [2.45, 2.75) is 32.7 Å². The molecule has 0 aromatic rings. The smallest absolute Gasteiger partial charge is 0.152 e. The summed E-state index contributed by atoms with van der Waals surface area (Å²) in [5.74, 6) is 0.101. The molecule has 11 heavy (non-hydrogen) atoms. The summed E-state index contributed by atoms with van der Waals surface area (Å²) in [6, 6.07) is 0. The molecule has 0 aromatic carbocycles. The second-order valence-electron chi connectivity index (χ2n) is 3.25. The van der Waals surface area contributed by atoms with Crippen LogP contribution in [0.5, 0.6) is 0 Å². The van der Waals surface area contributed by atoms with E-state index >= 15 is 0 Å². The van der Waals surface area contributed by atoms with Crippen LogP contribution in [0.1, 0.15) is 27.2 Å². The SMILES string of the molecule is CC(=O)/C=C/CC(C)(C)NP. The maximum Gasteiger partial charge on any atom is 0.152 e. The Hall–Kier alpha value is -0.200. The first-order chi connectivity index (χ1) is 4.98. The van der Waals surface area contributed by atoms with Crippen molar-refractivity contribution in [1.82, 2.24) is 5.09 Å². The molecule has 0 fully saturated rings. The largest absolute Gasteiger partial charge is 0.295 e. The van der Waals surface area contributed by atoms with Crippen LogP contribution in [0.2, 0.25) is 0 Å². The molecule has 0 saturated carbocycles. The normalized spacial score (nSPS) is 12.4. The fourth-order valence-corrected chi connectivity index (χ4v) is 0.696. The summed E-state index contributed by atoms with van der Waals surface area (Å²) in [5.41, 5.74) is 0.0522. The third kappa shape index (κ3) is 6.21. The molecule has 0 heterocycles. The first kappa shape index (κ1) is 10.8. The quantitative estimate of drug-likeness (QED) is 0.517. The molecule has 0 aliphatic carbocycles. The molecule has 0 rings (SSSR count). The summed E-state index contributed by atoms with van der Waals surface area (Å²) >= 11 is 0. The molecule has 0 aliphatic rings. The summed E-state index contributed by atoms with van der Waals surface area (Å²) in [4.78, 5) is 10.5. The number of carbonyl (C=O) groups excluding carboxylic acids is 1. The highest BCUT2D eigenvalue weighted by molar-refractivity contribution is 7.13. The molecule has 0 bridgehead atoms. The first-order valence-corrected chi connectivity index (χ1v) is 4.20. The Labute approximate surface area is 70.7 Å². The van der Waals surface area contributed by atoms with E-state index in [0.29, 0.717) is 0 Å². The van der Waals surface area contributed by atoms with Gasteiger partial charge in [0.15, 0.2) is 5.78 Å². The van der Waals surface area contributed by atoms with E-state index in [9.17, 15) is 4.79 Å². The van der Waals surface area contributed by atoms with Crippen LogP contribution in [-0.4, -0.2) is 11.3 Å². The van der Waals surface area contributed by atoms with E-state index in [1.807, 2.05) is 6.08 Å². The Bertz CT molecular complexity index is 163. The van der Waals surface area contributed by atoms with Gasteiger partial charge in [-0.15, -0.1) is 0 Å². The topological polar surface area (TPSA) is 29.1 Å². The standard InChI is InChI=1S/C8H16NOP/c1-7(10)5-4-6-8(2,3)9-11/h4-5,9H,6,11H2,1-3H3/b5-4+. The van der Waals surface area contributed by atoms with Crippen LogP contribution in [0.4, 0.5) is 0 Å². The van der Waals surface area contributed by atoms with Gasteiger partial charge in [-0.05, 0) is 33.3 Å². The monoisotopic (exact) mass is 173 g/mol. The minimum atomic E-state index is 0.0522. The Kier molecular flexibility index (Phi) is 4.55. The first-order valence-electron chi connectivity index (χ1n) is 3.63. The number of rotatable bonds is 4. The number of carbonyl (C=O) groups is 1. The molecule has 1 N–H and O–H groups in total. The third-order valence-corrected chi connectivity index (χ3v) is 2.15. The highest BCUT2D eigenvalue weighted by atomic mass is 31.0. The van der Waals surface area contributed by atoms with Crippen LogP contribution >= 0.6 is 9.39 Å². The predicted octanol–water partition coefficient (Wildman–Crippen LogP) is 1.68. The molecule has 1 atom stereocenters. The molecule has 1 unspecified atom stereocenters. The minimum absolute atomic E-state index is 0.0522. The lowest BCUT2D eigenvalue weighted by atomic mass is 10.0. The number of hydrogen-bond acceptors (Lipinski definition) is 2. The third-order valence-electron chi connectivity index (χ3n) is 1.37. The lowest BCUT2D eigenvalue weighted by molar-refractivity contribution is -0.112. The van der Waals surface area contributed by atoms with Gasteiger partial charge >= 0.3 is 0 Å². The summed E-state index contributed by atoms with van der Waals surface area (Å²) in [5, 5.41) is 3.07. The Balaban J connectivity index is 3.78. The van der Waals surface area contributed by atoms with Crippen molar-refractivity contribution < 1.29 is 4.79 Å². The molecular weight excluding hydrogens is 157 g/mol. The van der Waals surface area contributed by atoms with Gasteiger partial charge in [-0.25, -0.2) is 0 Å². The van der Waals surface area contributed by atoms with E-state index < -0.39 is 0 Å². The van der Waals surface area contributed by atoms with Gasteiger partial charge in [0.05, 0.1) is 0 Å². The minimum Gasteiger partial charge on any atom is -0.295 e. The van der Waals surface area contributed by atoms with Crippen molar-refractivity contribution in [2.75, 3.05) is 0 Å². The molecular formula is C8H16NOP. The van der Waals surface area contributed by atoms with Crippen molar-refractivity contribution >= 4 is 15.2 Å². The molecule has 0 aliphatic heterocycles. The molecule has 0 amide bonds. The van der Waals surface area contributed by atoms with Gasteiger partial charge in [0, 0.05) is 5.54 Å². The van der Waals surface area contributed by atoms with Gasteiger partial charge in [0.25, 0.3) is 0 Å². The highest BCUT2D eigenvalue weighted by Gasteiger charge is 2.11. The fraction of sp³-hybridized carbons (Fsp3) is 0.625. The van der Waals surface area contributed by atoms with E-state index in [2.05, 4.69) is 28.3 Å².